The normalized spacial score (nSPS) is 23.8. The van der Waals surface area contributed by atoms with Gasteiger partial charge in [0, 0.05) is 24.5 Å². The standard InChI is InChI=1S/C12H18N2S/c13-8-12(3-4-12)9-14-5-1-11-10(7-14)2-6-15-11/h2,6H,1,3-5,7-9,13H2. The van der Waals surface area contributed by atoms with Crippen LogP contribution in [0.4, 0.5) is 0 Å². The van der Waals surface area contributed by atoms with E-state index < -0.39 is 0 Å². The average molecular weight is 222 g/mol. The van der Waals surface area contributed by atoms with Gasteiger partial charge in [0.25, 0.3) is 0 Å². The second-order valence-corrected chi connectivity index (χ2v) is 6.03. The molecule has 0 amide bonds. The Balaban J connectivity index is 1.66. The Kier molecular flexibility index (Phi) is 2.34. The zero-order valence-electron chi connectivity index (χ0n) is 9.04. The summed E-state index contributed by atoms with van der Waals surface area (Å²) in [6.07, 6.45) is 3.93. The molecule has 0 spiro atoms. The molecule has 15 heavy (non-hydrogen) atoms. The highest BCUT2D eigenvalue weighted by molar-refractivity contribution is 7.10. The van der Waals surface area contributed by atoms with Crippen LogP contribution in [0, 0.1) is 5.41 Å². The molecule has 1 aliphatic carbocycles. The van der Waals surface area contributed by atoms with Crippen LogP contribution in [0.5, 0.6) is 0 Å². The number of rotatable bonds is 3. The van der Waals surface area contributed by atoms with E-state index >= 15 is 0 Å². The van der Waals surface area contributed by atoms with Gasteiger partial charge in [0.1, 0.15) is 0 Å². The van der Waals surface area contributed by atoms with E-state index in [0.29, 0.717) is 5.41 Å². The van der Waals surface area contributed by atoms with E-state index in [2.05, 4.69) is 16.3 Å². The molecule has 1 aromatic rings. The summed E-state index contributed by atoms with van der Waals surface area (Å²) in [5, 5.41) is 2.23. The van der Waals surface area contributed by atoms with Crippen molar-refractivity contribution in [2.24, 2.45) is 11.1 Å². The summed E-state index contributed by atoms with van der Waals surface area (Å²) < 4.78 is 0. The molecule has 0 unspecified atom stereocenters. The molecule has 0 bridgehead atoms. The Morgan fingerprint density at radius 1 is 1.47 bits per heavy atom. The van der Waals surface area contributed by atoms with E-state index in [9.17, 15) is 0 Å². The Labute approximate surface area is 95.1 Å². The molecule has 2 aliphatic rings. The summed E-state index contributed by atoms with van der Waals surface area (Å²) in [4.78, 5) is 4.19. The summed E-state index contributed by atoms with van der Waals surface area (Å²) in [6.45, 7) is 4.48. The van der Waals surface area contributed by atoms with Gasteiger partial charge in [0.05, 0.1) is 0 Å². The summed E-state index contributed by atoms with van der Waals surface area (Å²) in [5.41, 5.74) is 7.88. The second kappa shape index (κ2) is 3.58. The lowest BCUT2D eigenvalue weighted by atomic mass is 10.0. The van der Waals surface area contributed by atoms with E-state index in [-0.39, 0.29) is 0 Å². The van der Waals surface area contributed by atoms with Crippen LogP contribution in [0.15, 0.2) is 11.4 Å². The molecule has 0 atom stereocenters. The highest BCUT2D eigenvalue weighted by Gasteiger charge is 2.42. The van der Waals surface area contributed by atoms with Crippen LogP contribution in [0.1, 0.15) is 23.3 Å². The lowest BCUT2D eigenvalue weighted by Crippen LogP contribution is -2.37. The zero-order valence-corrected chi connectivity index (χ0v) is 9.85. The Hall–Kier alpha value is -0.380. The third kappa shape index (κ3) is 1.84. The minimum atomic E-state index is 0.494. The lowest BCUT2D eigenvalue weighted by molar-refractivity contribution is 0.207. The van der Waals surface area contributed by atoms with Gasteiger partial charge in [0.15, 0.2) is 0 Å². The summed E-state index contributed by atoms with van der Waals surface area (Å²) in [7, 11) is 0. The fourth-order valence-corrected chi connectivity index (χ4v) is 3.41. The van der Waals surface area contributed by atoms with Crippen LogP contribution in [0.2, 0.25) is 0 Å². The molecule has 3 heteroatoms. The molecular formula is C12H18N2S. The Morgan fingerprint density at radius 3 is 3.07 bits per heavy atom. The fraction of sp³-hybridized carbons (Fsp3) is 0.667. The van der Waals surface area contributed by atoms with Gasteiger partial charge in [-0.2, -0.15) is 0 Å². The average Bonchev–Trinajstić information content (AvgIpc) is 2.88. The first-order valence-electron chi connectivity index (χ1n) is 5.79. The minimum Gasteiger partial charge on any atom is -0.330 e. The van der Waals surface area contributed by atoms with Crippen LogP contribution in [0.25, 0.3) is 0 Å². The quantitative estimate of drug-likeness (QED) is 0.845. The maximum Gasteiger partial charge on any atom is 0.0245 e. The van der Waals surface area contributed by atoms with Gasteiger partial charge in [-0.05, 0) is 48.2 Å². The Morgan fingerprint density at radius 2 is 2.33 bits per heavy atom. The van der Waals surface area contributed by atoms with E-state index in [0.717, 1.165) is 13.1 Å². The molecule has 3 rings (SSSR count). The molecule has 0 radical (unpaired) electrons. The first kappa shape index (κ1) is 9.82. The van der Waals surface area contributed by atoms with Gasteiger partial charge in [-0.25, -0.2) is 0 Å². The number of fused-ring (bicyclic) bond motifs is 1. The summed E-state index contributed by atoms with van der Waals surface area (Å²) >= 11 is 1.92. The molecule has 82 valence electrons. The number of hydrogen-bond acceptors (Lipinski definition) is 3. The number of hydrogen-bond donors (Lipinski definition) is 1. The monoisotopic (exact) mass is 222 g/mol. The molecular weight excluding hydrogens is 204 g/mol. The topological polar surface area (TPSA) is 29.3 Å². The molecule has 1 aromatic heterocycles. The highest BCUT2D eigenvalue weighted by atomic mass is 32.1. The molecule has 0 saturated heterocycles. The molecule has 1 aliphatic heterocycles. The first-order chi connectivity index (χ1) is 7.31. The van der Waals surface area contributed by atoms with Crippen molar-refractivity contribution in [3.8, 4) is 0 Å². The van der Waals surface area contributed by atoms with E-state index in [1.54, 1.807) is 10.4 Å². The number of nitrogens with zero attached hydrogens (tertiary/aromatic N) is 1. The fourth-order valence-electron chi connectivity index (χ4n) is 2.52. The van der Waals surface area contributed by atoms with Gasteiger partial charge < -0.3 is 5.73 Å². The van der Waals surface area contributed by atoms with Crippen molar-refractivity contribution in [3.05, 3.63) is 21.9 Å². The van der Waals surface area contributed by atoms with Crippen LogP contribution >= 0.6 is 11.3 Å². The predicted molar refractivity (Wildman–Crippen MR) is 64.0 cm³/mol. The molecule has 2 N–H and O–H groups in total. The van der Waals surface area contributed by atoms with E-state index in [1.165, 1.54) is 32.4 Å². The predicted octanol–water partition coefficient (Wildman–Crippen LogP) is 1.85. The maximum absolute atomic E-state index is 5.84. The van der Waals surface area contributed by atoms with Crippen LogP contribution in [-0.2, 0) is 13.0 Å². The lowest BCUT2D eigenvalue weighted by Gasteiger charge is -2.30. The van der Waals surface area contributed by atoms with Crippen molar-refractivity contribution < 1.29 is 0 Å². The summed E-state index contributed by atoms with van der Waals surface area (Å²) in [6, 6.07) is 2.29. The smallest absolute Gasteiger partial charge is 0.0245 e. The molecule has 2 heterocycles. The van der Waals surface area contributed by atoms with Crippen molar-refractivity contribution in [1.29, 1.82) is 0 Å². The zero-order chi connectivity index (χ0) is 10.3. The van der Waals surface area contributed by atoms with Gasteiger partial charge in [-0.15, -0.1) is 11.3 Å². The third-order valence-electron chi connectivity index (χ3n) is 3.84. The van der Waals surface area contributed by atoms with Crippen LogP contribution in [-0.4, -0.2) is 24.5 Å². The van der Waals surface area contributed by atoms with Gasteiger partial charge in [-0.1, -0.05) is 0 Å². The van der Waals surface area contributed by atoms with Crippen LogP contribution < -0.4 is 5.73 Å². The van der Waals surface area contributed by atoms with E-state index in [4.69, 9.17) is 5.73 Å². The molecule has 1 saturated carbocycles. The summed E-state index contributed by atoms with van der Waals surface area (Å²) in [5.74, 6) is 0. The number of thiophene rings is 1. The van der Waals surface area contributed by atoms with Crippen molar-refractivity contribution in [3.63, 3.8) is 0 Å². The van der Waals surface area contributed by atoms with Crippen molar-refractivity contribution in [2.45, 2.75) is 25.8 Å². The maximum atomic E-state index is 5.84. The largest absolute Gasteiger partial charge is 0.330 e. The second-order valence-electron chi connectivity index (χ2n) is 5.03. The van der Waals surface area contributed by atoms with Crippen molar-refractivity contribution in [1.82, 2.24) is 4.90 Å². The van der Waals surface area contributed by atoms with Gasteiger partial charge >= 0.3 is 0 Å². The highest BCUT2D eigenvalue weighted by Crippen LogP contribution is 2.45. The SMILES string of the molecule is NCC1(CN2CCc3sccc3C2)CC1. The van der Waals surface area contributed by atoms with Crippen molar-refractivity contribution in [2.75, 3.05) is 19.6 Å². The molecule has 0 aromatic carbocycles. The van der Waals surface area contributed by atoms with E-state index in [1.807, 2.05) is 11.3 Å². The van der Waals surface area contributed by atoms with Crippen LogP contribution in [0.3, 0.4) is 0 Å². The van der Waals surface area contributed by atoms with Gasteiger partial charge in [0.2, 0.25) is 0 Å². The van der Waals surface area contributed by atoms with Gasteiger partial charge in [-0.3, -0.25) is 4.90 Å². The minimum absolute atomic E-state index is 0.494. The number of nitrogens with two attached hydrogens (primary N) is 1. The Bertz CT molecular complexity index is 354. The third-order valence-corrected chi connectivity index (χ3v) is 4.86. The molecule has 1 fully saturated rings. The van der Waals surface area contributed by atoms with Crippen molar-refractivity contribution >= 4 is 11.3 Å². The molecule has 2 nitrogen and oxygen atoms in total. The first-order valence-corrected chi connectivity index (χ1v) is 6.67.